The van der Waals surface area contributed by atoms with Gasteiger partial charge in [-0.05, 0) is 55.0 Å². The average molecular weight is 441 g/mol. The van der Waals surface area contributed by atoms with Crippen LogP contribution in [0.2, 0.25) is 0 Å². The van der Waals surface area contributed by atoms with Crippen LogP contribution in [0.5, 0.6) is 5.75 Å². The van der Waals surface area contributed by atoms with Crippen molar-refractivity contribution >= 4 is 15.9 Å². The van der Waals surface area contributed by atoms with Gasteiger partial charge in [0, 0.05) is 19.5 Å². The van der Waals surface area contributed by atoms with E-state index in [-0.39, 0.29) is 42.9 Å². The summed E-state index contributed by atoms with van der Waals surface area (Å²) in [6.07, 6.45) is 3.90. The molecule has 9 nitrogen and oxygen atoms in total. The molecule has 0 spiro atoms. The first kappa shape index (κ1) is 22.5. The molecule has 1 amide bonds. The van der Waals surface area contributed by atoms with Gasteiger partial charge < -0.3 is 25.1 Å². The molecule has 1 aromatic carbocycles. The minimum atomic E-state index is -3.82. The van der Waals surface area contributed by atoms with Crippen LogP contribution >= 0.6 is 0 Å². The summed E-state index contributed by atoms with van der Waals surface area (Å²) in [6.45, 7) is -0.323. The zero-order chi connectivity index (χ0) is 21.7. The number of ether oxygens (including phenoxy) is 3. The van der Waals surface area contributed by atoms with Crippen LogP contribution in [0.3, 0.4) is 0 Å². The zero-order valence-corrected chi connectivity index (χ0v) is 17.7. The summed E-state index contributed by atoms with van der Waals surface area (Å²) in [6, 6.07) is 6.03. The Bertz CT molecular complexity index is 866. The zero-order valence-electron chi connectivity index (χ0n) is 16.9. The Kier molecular flexibility index (Phi) is 7.35. The molecule has 2 atom stereocenters. The Labute approximate surface area is 176 Å². The Hall–Kier alpha value is -2.14. The lowest BCUT2D eigenvalue weighted by Crippen LogP contribution is -2.38. The number of sulfonamides is 1. The monoisotopic (exact) mass is 440 g/mol. The summed E-state index contributed by atoms with van der Waals surface area (Å²) < 4.78 is 43.3. The smallest absolute Gasteiger partial charge is 0.283 e. The van der Waals surface area contributed by atoms with Crippen LogP contribution < -0.4 is 10.5 Å². The van der Waals surface area contributed by atoms with Crippen molar-refractivity contribution in [2.75, 3.05) is 33.4 Å². The van der Waals surface area contributed by atoms with Crippen molar-refractivity contribution in [2.24, 2.45) is 17.6 Å². The van der Waals surface area contributed by atoms with E-state index in [0.717, 1.165) is 17.1 Å². The second-order valence-corrected chi connectivity index (χ2v) is 9.29. The highest BCUT2D eigenvalue weighted by molar-refractivity contribution is 7.89. The van der Waals surface area contributed by atoms with Crippen LogP contribution in [0.1, 0.15) is 19.3 Å². The summed E-state index contributed by atoms with van der Waals surface area (Å²) in [5.41, 5.74) is 5.36. The lowest BCUT2D eigenvalue weighted by atomic mass is 9.96. The minimum absolute atomic E-state index is 0.0263. The van der Waals surface area contributed by atoms with Crippen LogP contribution in [0.4, 0.5) is 0 Å². The molecule has 1 heterocycles. The van der Waals surface area contributed by atoms with Gasteiger partial charge in [0.2, 0.25) is 16.3 Å². The fourth-order valence-corrected chi connectivity index (χ4v) is 4.87. The van der Waals surface area contributed by atoms with Crippen LogP contribution in [-0.4, -0.2) is 63.4 Å². The molecule has 0 radical (unpaired) electrons. The topological polar surface area (TPSA) is 128 Å². The second kappa shape index (κ2) is 9.78. The number of nitrogens with two attached hydrogens (primary N) is 1. The normalized spacial score (nSPS) is 21.8. The van der Waals surface area contributed by atoms with E-state index >= 15 is 0 Å². The average Bonchev–Trinajstić information content (AvgIpc) is 3.58. The molecule has 3 rings (SSSR count). The maximum atomic E-state index is 12.9. The highest BCUT2D eigenvalue weighted by atomic mass is 32.2. The van der Waals surface area contributed by atoms with Gasteiger partial charge in [-0.15, -0.1) is 0 Å². The van der Waals surface area contributed by atoms with Crippen LogP contribution in [0, 0.1) is 11.8 Å². The molecule has 1 aliphatic heterocycles. The summed E-state index contributed by atoms with van der Waals surface area (Å²) >= 11 is 0. The molecule has 2 aliphatic rings. The molecule has 0 saturated heterocycles. The third kappa shape index (κ3) is 5.51. The van der Waals surface area contributed by atoms with Crippen molar-refractivity contribution in [3.05, 3.63) is 36.1 Å². The number of nitrogens with zero attached hydrogens (tertiary/aromatic N) is 1. The lowest BCUT2D eigenvalue weighted by Gasteiger charge is -2.29. The summed E-state index contributed by atoms with van der Waals surface area (Å²) in [5, 5.41) is 9.33. The van der Waals surface area contributed by atoms with E-state index in [2.05, 4.69) is 0 Å². The molecule has 1 saturated carbocycles. The number of carbonyl (C=O) groups excluding carboxylic acids is 1. The van der Waals surface area contributed by atoms with E-state index in [1.807, 2.05) is 0 Å². The predicted molar refractivity (Wildman–Crippen MR) is 108 cm³/mol. The Morgan fingerprint density at radius 2 is 1.97 bits per heavy atom. The maximum absolute atomic E-state index is 12.9. The molecule has 1 fully saturated rings. The SMILES string of the molecule is COc1ccc(S(=O)(=O)N(CCO)CCO[C@@H]2C[C@H](C3CC3)C=C(C(N)=O)O2)cc1. The standard InChI is InChI=1S/C20H28N2O7S/c1-27-16-4-6-17(7-5-16)30(25,26)22(8-10-23)9-11-28-19-13-15(14-2-3-14)12-18(29-19)20(21)24/h4-7,12,14-15,19,23H,2-3,8-11,13H2,1H3,(H2,21,24)/t15-,19+/m1/s1. The number of primary amides is 1. The van der Waals surface area contributed by atoms with Crippen LogP contribution in [-0.2, 0) is 24.3 Å². The first-order chi connectivity index (χ1) is 14.3. The first-order valence-electron chi connectivity index (χ1n) is 9.90. The quantitative estimate of drug-likeness (QED) is 0.522. The third-order valence-corrected chi connectivity index (χ3v) is 7.16. The van der Waals surface area contributed by atoms with E-state index in [1.165, 1.54) is 19.2 Å². The number of rotatable bonds is 11. The van der Waals surface area contributed by atoms with Crippen molar-refractivity contribution in [1.29, 1.82) is 0 Å². The number of benzene rings is 1. The van der Waals surface area contributed by atoms with E-state index in [1.54, 1.807) is 18.2 Å². The summed E-state index contributed by atoms with van der Waals surface area (Å²) in [5.74, 6) is 0.682. The fraction of sp³-hybridized carbons (Fsp3) is 0.550. The Balaban J connectivity index is 1.61. The highest BCUT2D eigenvalue weighted by Crippen LogP contribution is 2.42. The molecule has 1 aromatic rings. The Morgan fingerprint density at radius 3 is 2.53 bits per heavy atom. The van der Waals surface area contributed by atoms with E-state index in [4.69, 9.17) is 19.9 Å². The second-order valence-electron chi connectivity index (χ2n) is 7.35. The van der Waals surface area contributed by atoms with Crippen LogP contribution in [0.25, 0.3) is 0 Å². The van der Waals surface area contributed by atoms with Gasteiger partial charge in [0.25, 0.3) is 5.91 Å². The molecule has 0 aromatic heterocycles. The largest absolute Gasteiger partial charge is 0.497 e. The molecule has 0 unspecified atom stereocenters. The van der Waals surface area contributed by atoms with Gasteiger partial charge in [-0.25, -0.2) is 8.42 Å². The molecule has 30 heavy (non-hydrogen) atoms. The summed E-state index contributed by atoms with van der Waals surface area (Å²) in [4.78, 5) is 11.6. The molecule has 0 bridgehead atoms. The third-order valence-electron chi connectivity index (χ3n) is 5.25. The molecule has 10 heteroatoms. The van der Waals surface area contributed by atoms with Crippen molar-refractivity contribution in [1.82, 2.24) is 4.31 Å². The van der Waals surface area contributed by atoms with E-state index < -0.39 is 22.2 Å². The van der Waals surface area contributed by atoms with E-state index in [0.29, 0.717) is 18.1 Å². The van der Waals surface area contributed by atoms with Gasteiger partial charge in [-0.1, -0.05) is 0 Å². The van der Waals surface area contributed by atoms with Gasteiger partial charge in [0.15, 0.2) is 5.76 Å². The molecule has 166 valence electrons. The molecule has 1 aliphatic carbocycles. The fourth-order valence-electron chi connectivity index (χ4n) is 3.46. The number of hydrogen-bond acceptors (Lipinski definition) is 7. The first-order valence-corrected chi connectivity index (χ1v) is 11.3. The number of hydrogen-bond donors (Lipinski definition) is 2. The van der Waals surface area contributed by atoms with Crippen molar-refractivity contribution in [2.45, 2.75) is 30.4 Å². The van der Waals surface area contributed by atoms with Gasteiger partial charge >= 0.3 is 0 Å². The number of amides is 1. The molecule has 3 N–H and O–H groups in total. The number of carbonyl (C=O) groups is 1. The Morgan fingerprint density at radius 1 is 1.27 bits per heavy atom. The summed E-state index contributed by atoms with van der Waals surface area (Å²) in [7, 11) is -2.32. The van der Waals surface area contributed by atoms with Crippen molar-refractivity contribution in [3.8, 4) is 5.75 Å². The van der Waals surface area contributed by atoms with Crippen LogP contribution in [0.15, 0.2) is 41.0 Å². The number of aliphatic hydroxyl groups is 1. The minimum Gasteiger partial charge on any atom is -0.497 e. The predicted octanol–water partition coefficient (Wildman–Crippen LogP) is 0.837. The number of methoxy groups -OCH3 is 1. The van der Waals surface area contributed by atoms with Crippen molar-refractivity contribution in [3.63, 3.8) is 0 Å². The lowest BCUT2D eigenvalue weighted by molar-refractivity contribution is -0.148. The number of allylic oxidation sites excluding steroid dienone is 1. The highest BCUT2D eigenvalue weighted by Gasteiger charge is 2.37. The number of aliphatic hydroxyl groups excluding tert-OH is 1. The van der Waals surface area contributed by atoms with E-state index in [9.17, 15) is 18.3 Å². The maximum Gasteiger partial charge on any atom is 0.283 e. The van der Waals surface area contributed by atoms with Gasteiger partial charge in [-0.2, -0.15) is 4.31 Å². The van der Waals surface area contributed by atoms with Gasteiger partial charge in [-0.3, -0.25) is 4.79 Å². The molecular formula is C20H28N2O7S. The molecular weight excluding hydrogens is 412 g/mol. The van der Waals surface area contributed by atoms with Crippen molar-refractivity contribution < 1.29 is 32.5 Å². The van der Waals surface area contributed by atoms with Gasteiger partial charge in [0.05, 0.1) is 25.2 Å². The van der Waals surface area contributed by atoms with Gasteiger partial charge in [0.1, 0.15) is 5.75 Å².